The summed E-state index contributed by atoms with van der Waals surface area (Å²) >= 11 is 4.68. The van der Waals surface area contributed by atoms with E-state index in [1.807, 2.05) is 49.4 Å². The number of carbonyl (C=O) groups excluding carboxylic acids is 2. The number of Topliss-reactive ketones (excluding diaryl/α,β-unsaturated/α-hetero) is 1. The number of thiocarbonyl (C=S) groups is 1. The van der Waals surface area contributed by atoms with Crippen LogP contribution in [0, 0.1) is 5.92 Å². The van der Waals surface area contributed by atoms with Gasteiger partial charge in [-0.25, -0.2) is 0 Å². The van der Waals surface area contributed by atoms with E-state index in [2.05, 4.69) is 17.5 Å². The van der Waals surface area contributed by atoms with Crippen LogP contribution >= 0.6 is 12.2 Å². The van der Waals surface area contributed by atoms with Gasteiger partial charge in [0.25, 0.3) is 0 Å². The Kier molecular flexibility index (Phi) is 7.96. The number of ether oxygens (including phenoxy) is 1. The molecule has 0 saturated carbocycles. The Hall–Kier alpha value is -2.53. The molecule has 2 rings (SSSR count). The summed E-state index contributed by atoms with van der Waals surface area (Å²) in [6.07, 6.45) is 0.239. The lowest BCUT2D eigenvalue weighted by Gasteiger charge is -2.11. The number of benzene rings is 2. The van der Waals surface area contributed by atoms with Crippen molar-refractivity contribution in [3.05, 3.63) is 60.2 Å². The molecule has 0 bridgehead atoms. The molecule has 0 amide bonds. The Bertz CT molecular complexity index is 729. The van der Waals surface area contributed by atoms with Gasteiger partial charge in [-0.1, -0.05) is 73.7 Å². The van der Waals surface area contributed by atoms with Gasteiger partial charge in [0.05, 0.1) is 18.5 Å². The van der Waals surface area contributed by atoms with Crippen molar-refractivity contribution in [2.45, 2.75) is 19.8 Å². The lowest BCUT2D eigenvalue weighted by atomic mass is 10.0. The van der Waals surface area contributed by atoms with E-state index < -0.39 is 0 Å². The first-order valence-corrected chi connectivity index (χ1v) is 9.08. The molecule has 0 saturated heterocycles. The molecule has 4 nitrogen and oxygen atoms in total. The largest absolute Gasteiger partial charge is 0.465 e. The van der Waals surface area contributed by atoms with Crippen LogP contribution < -0.4 is 5.32 Å². The molecule has 1 unspecified atom stereocenters. The molecule has 0 fully saturated rings. The number of hydrogen-bond acceptors (Lipinski definition) is 4. The van der Waals surface area contributed by atoms with E-state index in [0.29, 0.717) is 18.7 Å². The predicted octanol–water partition coefficient (Wildman–Crippen LogP) is 4.04. The zero-order valence-corrected chi connectivity index (χ0v) is 15.6. The smallest absolute Gasteiger partial charge is 0.306 e. The first kappa shape index (κ1) is 19.8. The fourth-order valence-electron chi connectivity index (χ4n) is 2.45. The van der Waals surface area contributed by atoms with Crippen LogP contribution in [-0.2, 0) is 9.53 Å². The minimum atomic E-state index is -0.353. The van der Waals surface area contributed by atoms with Crippen molar-refractivity contribution in [2.24, 2.45) is 5.92 Å². The highest BCUT2D eigenvalue weighted by Gasteiger charge is 2.12. The molecule has 0 aliphatic rings. The molecule has 0 aliphatic carbocycles. The minimum Gasteiger partial charge on any atom is -0.465 e. The molecule has 0 spiro atoms. The average molecular weight is 369 g/mol. The van der Waals surface area contributed by atoms with Crippen LogP contribution in [0.25, 0.3) is 11.1 Å². The molecular weight excluding hydrogens is 346 g/mol. The van der Waals surface area contributed by atoms with Crippen LogP contribution in [0.4, 0.5) is 0 Å². The molecule has 5 heteroatoms. The quantitative estimate of drug-likeness (QED) is 0.389. The third-order valence-electron chi connectivity index (χ3n) is 3.95. The maximum absolute atomic E-state index is 12.2. The molecule has 2 aromatic rings. The summed E-state index contributed by atoms with van der Waals surface area (Å²) in [7, 11) is 0. The predicted molar refractivity (Wildman–Crippen MR) is 107 cm³/mol. The topological polar surface area (TPSA) is 55.4 Å². The highest BCUT2D eigenvalue weighted by molar-refractivity contribution is 7.78. The van der Waals surface area contributed by atoms with Crippen LogP contribution in [0.15, 0.2) is 54.6 Å². The van der Waals surface area contributed by atoms with Crippen molar-refractivity contribution in [3.63, 3.8) is 0 Å². The zero-order valence-electron chi connectivity index (χ0n) is 14.8. The van der Waals surface area contributed by atoms with Gasteiger partial charge >= 0.3 is 5.97 Å². The van der Waals surface area contributed by atoms with Gasteiger partial charge in [0, 0.05) is 24.4 Å². The molecule has 1 N–H and O–H groups in total. The Balaban J connectivity index is 1.79. The van der Waals surface area contributed by atoms with E-state index in [-0.39, 0.29) is 30.5 Å². The average Bonchev–Trinajstić information content (AvgIpc) is 2.69. The van der Waals surface area contributed by atoms with Crippen molar-refractivity contribution in [1.82, 2.24) is 5.32 Å². The fourth-order valence-corrected chi connectivity index (χ4v) is 2.55. The Morgan fingerprint density at radius 1 is 1.04 bits per heavy atom. The summed E-state index contributed by atoms with van der Waals surface area (Å²) in [6, 6.07) is 17.4. The zero-order chi connectivity index (χ0) is 18.8. The van der Waals surface area contributed by atoms with E-state index in [9.17, 15) is 9.59 Å². The van der Waals surface area contributed by atoms with Gasteiger partial charge in [-0.05, 0) is 11.1 Å². The Morgan fingerprint density at radius 2 is 1.69 bits per heavy atom. The molecule has 0 aliphatic heterocycles. The number of hydrogen-bond donors (Lipinski definition) is 1. The number of carbonyl (C=O) groups is 2. The summed E-state index contributed by atoms with van der Waals surface area (Å²) in [6.45, 7) is 2.93. The first-order chi connectivity index (χ1) is 12.6. The summed E-state index contributed by atoms with van der Waals surface area (Å²) in [5, 5.41) is 2.90. The molecule has 136 valence electrons. The maximum Gasteiger partial charge on any atom is 0.306 e. The number of esters is 1. The lowest BCUT2D eigenvalue weighted by molar-refractivity contribution is -0.144. The van der Waals surface area contributed by atoms with Crippen molar-refractivity contribution < 1.29 is 14.3 Å². The summed E-state index contributed by atoms with van der Waals surface area (Å²) in [4.78, 5) is 24.0. The highest BCUT2D eigenvalue weighted by Crippen LogP contribution is 2.20. The number of rotatable bonds is 10. The van der Waals surface area contributed by atoms with Crippen molar-refractivity contribution in [1.29, 1.82) is 0 Å². The highest BCUT2D eigenvalue weighted by atomic mass is 32.1. The van der Waals surface area contributed by atoms with Gasteiger partial charge in [-0.2, -0.15) is 0 Å². The second-order valence-electron chi connectivity index (χ2n) is 6.18. The molecule has 2 aromatic carbocycles. The molecule has 0 radical (unpaired) electrons. The van der Waals surface area contributed by atoms with Crippen molar-refractivity contribution >= 4 is 29.5 Å². The summed E-state index contributed by atoms with van der Waals surface area (Å²) in [5.41, 5.74) is 4.21. The maximum atomic E-state index is 12.2. The Morgan fingerprint density at radius 3 is 2.35 bits per heavy atom. The van der Waals surface area contributed by atoms with Crippen molar-refractivity contribution in [2.75, 3.05) is 13.2 Å². The van der Waals surface area contributed by atoms with Gasteiger partial charge in [-0.15, -0.1) is 0 Å². The van der Waals surface area contributed by atoms with E-state index in [0.717, 1.165) is 11.1 Å². The molecule has 0 heterocycles. The minimum absolute atomic E-state index is 0.0583. The Labute approximate surface area is 159 Å². The van der Waals surface area contributed by atoms with Crippen molar-refractivity contribution in [3.8, 4) is 11.1 Å². The third kappa shape index (κ3) is 6.41. The van der Waals surface area contributed by atoms with Gasteiger partial charge in [0.2, 0.25) is 0 Å². The summed E-state index contributed by atoms with van der Waals surface area (Å²) in [5.74, 6) is -0.246. The standard InChI is InChI=1S/C21H23NO3S/c1-16(13-22-15-26)14-25-21(24)12-11-20(23)19-9-7-18(8-10-19)17-5-3-2-4-6-17/h2-10,15-16H,11-14H2,1H3,(H,22,26). The molecular formula is C21H23NO3S. The second kappa shape index (κ2) is 10.5. The SMILES string of the molecule is CC(CNC=S)COC(=O)CCC(=O)c1ccc(-c2ccccc2)cc1. The van der Waals surface area contributed by atoms with Crippen LogP contribution in [0.3, 0.4) is 0 Å². The van der Waals surface area contributed by atoms with Crippen LogP contribution in [-0.4, -0.2) is 30.4 Å². The van der Waals surface area contributed by atoms with Gasteiger partial charge in [0.1, 0.15) is 0 Å². The number of nitrogens with one attached hydrogen (secondary N) is 1. The van der Waals surface area contributed by atoms with E-state index in [1.165, 1.54) is 5.49 Å². The molecule has 0 aromatic heterocycles. The number of ketones is 1. The van der Waals surface area contributed by atoms with Gasteiger partial charge in [0.15, 0.2) is 5.78 Å². The van der Waals surface area contributed by atoms with Crippen LogP contribution in [0.5, 0.6) is 0 Å². The lowest BCUT2D eigenvalue weighted by Crippen LogP contribution is -2.23. The summed E-state index contributed by atoms with van der Waals surface area (Å²) < 4.78 is 5.19. The van der Waals surface area contributed by atoms with Gasteiger partial charge in [-0.3, -0.25) is 9.59 Å². The molecule has 26 heavy (non-hydrogen) atoms. The monoisotopic (exact) mass is 369 g/mol. The van der Waals surface area contributed by atoms with E-state index >= 15 is 0 Å². The fraction of sp³-hybridized carbons (Fsp3) is 0.286. The van der Waals surface area contributed by atoms with Gasteiger partial charge < -0.3 is 10.1 Å². The first-order valence-electron chi connectivity index (χ1n) is 8.61. The normalized spacial score (nSPS) is 11.4. The third-order valence-corrected chi connectivity index (χ3v) is 4.12. The van der Waals surface area contributed by atoms with E-state index in [1.54, 1.807) is 12.1 Å². The molecule has 1 atom stereocenters. The van der Waals surface area contributed by atoms with E-state index in [4.69, 9.17) is 4.74 Å². The van der Waals surface area contributed by atoms with Crippen LogP contribution in [0.1, 0.15) is 30.1 Å². The second-order valence-corrected chi connectivity index (χ2v) is 6.42. The van der Waals surface area contributed by atoms with Crippen LogP contribution in [0.2, 0.25) is 0 Å².